The van der Waals surface area contributed by atoms with Gasteiger partial charge in [0.2, 0.25) is 46.9 Å². The van der Waals surface area contributed by atoms with Crippen molar-refractivity contribution in [1.29, 1.82) is 0 Å². The van der Waals surface area contributed by atoms with E-state index in [0.717, 1.165) is 0 Å². The largest absolute Gasteiger partial charge is 0.504 e. The van der Waals surface area contributed by atoms with Gasteiger partial charge < -0.3 is 180 Å². The molecule has 10 aromatic rings. The van der Waals surface area contributed by atoms with E-state index in [1.54, 1.807) is 0 Å². The van der Waals surface area contributed by atoms with Crippen molar-refractivity contribution in [2.75, 3.05) is 6.61 Å². The minimum atomic E-state index is -3.12. The van der Waals surface area contributed by atoms with Crippen LogP contribution in [0.1, 0.15) is 104 Å². The standard InChI is InChI=1S/C76H52O46/c77-32-2-1-31(52(91)62(32)101)75(111)117-50-20-30(15-45(90)61(50)100)74(110)122-76-65(121-73(109)29-14-44(89)60(99)49(19-29)116-70(106)25-9-39(84)56(95)40(85)10-25)64(120-72(108)28-13-43(88)59(98)48(18-28)115-69(105)24-7-37(82)55(94)38(83)8-24)63(119-71(107)27-12-42(87)58(97)47(17-27)114-68(104)23-5-35(80)54(93)36(81)6-23)51(118-76)21-112-66(102)26-11-41(86)57(96)46(16-26)113-67(103)22-3-33(78)53(92)34(79)4-22/h1-20,51,63-65,76-101H,21H2/t51-,63-,64+,65-,76+/m1/s1. The Kier molecular flexibility index (Phi) is 23.2. The Balaban J connectivity index is 1.09. The molecule has 11 rings (SSSR count). The monoisotopic (exact) mass is 1700 g/mol. The third-order valence-electron chi connectivity index (χ3n) is 17.0. The highest BCUT2D eigenvalue weighted by atomic mass is 16.8. The van der Waals surface area contributed by atoms with Gasteiger partial charge in [0.15, 0.2) is 150 Å². The van der Waals surface area contributed by atoms with E-state index in [2.05, 4.69) is 0 Å². The molecule has 1 aliphatic rings. The van der Waals surface area contributed by atoms with Gasteiger partial charge in [0, 0.05) is 0 Å². The van der Waals surface area contributed by atoms with Crippen LogP contribution < -0.4 is 23.7 Å². The molecule has 25 N–H and O–H groups in total. The number of phenols is 25. The zero-order valence-corrected chi connectivity index (χ0v) is 59.9. The smallest absolute Gasteiger partial charge is 0.347 e. The quantitative estimate of drug-likeness (QED) is 0.0198. The Bertz CT molecular complexity index is 5990. The molecule has 0 unspecified atom stereocenters. The number of rotatable bonds is 21. The normalized spacial score (nSPS) is 14.6. The van der Waals surface area contributed by atoms with Crippen molar-refractivity contribution < 1.29 is 228 Å². The van der Waals surface area contributed by atoms with E-state index in [0.29, 0.717) is 121 Å². The highest BCUT2D eigenvalue weighted by molar-refractivity contribution is 6.00. The van der Waals surface area contributed by atoms with Crippen molar-refractivity contribution in [3.05, 3.63) is 177 Å². The molecule has 46 heteroatoms. The molecule has 46 nitrogen and oxygen atoms in total. The Morgan fingerprint density at radius 3 is 0.738 bits per heavy atom. The van der Waals surface area contributed by atoms with E-state index in [4.69, 9.17) is 52.1 Å². The van der Waals surface area contributed by atoms with Gasteiger partial charge in [-0.25, -0.2) is 47.9 Å². The first-order chi connectivity index (χ1) is 57.4. The maximum absolute atomic E-state index is 15.3. The molecule has 1 aliphatic heterocycles. The van der Waals surface area contributed by atoms with E-state index >= 15 is 14.4 Å². The molecule has 5 atom stereocenters. The predicted molar refractivity (Wildman–Crippen MR) is 383 cm³/mol. The second-order valence-electron chi connectivity index (χ2n) is 25.1. The lowest BCUT2D eigenvalue weighted by atomic mass is 9.97. The first-order valence-electron chi connectivity index (χ1n) is 33.2. The van der Waals surface area contributed by atoms with E-state index < -0.39 is 325 Å². The molecule has 0 radical (unpaired) electrons. The second kappa shape index (κ2) is 33.4. The van der Waals surface area contributed by atoms with Crippen molar-refractivity contribution in [3.8, 4) is 172 Å². The number of benzene rings is 10. The molecular weight excluding hydrogens is 1650 g/mol. The minimum Gasteiger partial charge on any atom is -0.504 e. The number of carbonyl (C=O) groups is 10. The lowest BCUT2D eigenvalue weighted by Crippen LogP contribution is -2.63. The van der Waals surface area contributed by atoms with E-state index in [1.807, 2.05) is 0 Å². The SMILES string of the molecule is O=C(OC[C@H]1O[C@@H](OC(=O)c2cc(O)c(O)c(OC(=O)c3ccc(O)c(O)c3O)c2)[C@H](OC(=O)c2cc(O)c(O)c(OC(=O)c3cc(O)c(O)c(O)c3)c2)[C@@H](OC(=O)c2cc(O)c(O)c(OC(=O)c3cc(O)c(O)c(O)c3)c2)[C@@H]1OC(=O)c1cc(O)c(O)c(OC(=O)c2cc(O)c(O)c(O)c2)c1)c1cc(O)c(O)c(OC(=O)c2cc(O)c(O)c(O)c2)c1. The van der Waals surface area contributed by atoms with E-state index in [9.17, 15) is 161 Å². The van der Waals surface area contributed by atoms with Gasteiger partial charge in [0.1, 0.15) is 18.3 Å². The first-order valence-corrected chi connectivity index (χ1v) is 33.2. The molecule has 1 fully saturated rings. The zero-order chi connectivity index (χ0) is 89.4. The molecule has 10 aromatic carbocycles. The highest BCUT2D eigenvalue weighted by Crippen LogP contribution is 2.48. The van der Waals surface area contributed by atoms with Crippen molar-refractivity contribution in [2.45, 2.75) is 30.7 Å². The summed E-state index contributed by atoms with van der Waals surface area (Å²) in [6.07, 6.45) is -15.1. The summed E-state index contributed by atoms with van der Waals surface area (Å²) in [5, 5.41) is 262. The van der Waals surface area contributed by atoms with Crippen LogP contribution in [-0.2, 0) is 28.4 Å². The molecule has 122 heavy (non-hydrogen) atoms. The highest BCUT2D eigenvalue weighted by Gasteiger charge is 2.55. The van der Waals surface area contributed by atoms with Crippen LogP contribution in [0.4, 0.5) is 0 Å². The fourth-order valence-corrected chi connectivity index (χ4v) is 10.9. The number of phenolic OH excluding ortho intramolecular Hbond substituents is 25. The van der Waals surface area contributed by atoms with Crippen LogP contribution in [0.15, 0.2) is 121 Å². The molecule has 0 aliphatic carbocycles. The van der Waals surface area contributed by atoms with Crippen LogP contribution in [0.3, 0.4) is 0 Å². The number of aromatic hydroxyl groups is 25. The van der Waals surface area contributed by atoms with Gasteiger partial charge in [-0.2, -0.15) is 0 Å². The van der Waals surface area contributed by atoms with Crippen LogP contribution in [-0.4, -0.2) is 225 Å². The summed E-state index contributed by atoms with van der Waals surface area (Å²) in [4.78, 5) is 142. The zero-order valence-electron chi connectivity index (χ0n) is 59.9. The molecule has 0 spiro atoms. The van der Waals surface area contributed by atoms with Crippen LogP contribution in [0.25, 0.3) is 0 Å². The van der Waals surface area contributed by atoms with Crippen molar-refractivity contribution >= 4 is 59.7 Å². The van der Waals surface area contributed by atoms with Crippen molar-refractivity contribution in [3.63, 3.8) is 0 Å². The molecule has 1 heterocycles. The number of carbonyl (C=O) groups excluding carboxylic acids is 10. The average molecular weight is 1700 g/mol. The number of esters is 10. The molecule has 0 aromatic heterocycles. The average Bonchev–Trinajstić information content (AvgIpc) is 0.761. The lowest BCUT2D eigenvalue weighted by molar-refractivity contribution is -0.282. The summed E-state index contributed by atoms with van der Waals surface area (Å²) in [6, 6.07) is 8.82. The van der Waals surface area contributed by atoms with Crippen LogP contribution >= 0.6 is 0 Å². The van der Waals surface area contributed by atoms with Gasteiger partial charge in [0.05, 0.1) is 50.1 Å². The molecule has 1 saturated heterocycles. The van der Waals surface area contributed by atoms with Gasteiger partial charge in [-0.3, -0.25) is 0 Å². The third-order valence-corrected chi connectivity index (χ3v) is 17.0. The Morgan fingerprint density at radius 1 is 0.221 bits per heavy atom. The van der Waals surface area contributed by atoms with E-state index in [1.165, 1.54) is 0 Å². The van der Waals surface area contributed by atoms with Gasteiger partial charge in [-0.1, -0.05) is 0 Å². The molecule has 0 bridgehead atoms. The molecule has 0 amide bonds. The summed E-state index contributed by atoms with van der Waals surface area (Å²) >= 11 is 0. The molecule has 632 valence electrons. The summed E-state index contributed by atoms with van der Waals surface area (Å²) in [6.45, 7) is -1.71. The Hall–Kier alpha value is -18.1. The number of hydrogen-bond donors (Lipinski definition) is 25. The van der Waals surface area contributed by atoms with Crippen LogP contribution in [0.2, 0.25) is 0 Å². The van der Waals surface area contributed by atoms with Crippen LogP contribution in [0, 0.1) is 0 Å². The molecular formula is C76H52O46. The third kappa shape index (κ3) is 17.4. The van der Waals surface area contributed by atoms with Crippen molar-refractivity contribution in [2.24, 2.45) is 0 Å². The van der Waals surface area contributed by atoms with E-state index in [-0.39, 0.29) is 0 Å². The van der Waals surface area contributed by atoms with Gasteiger partial charge in [-0.05, 0) is 121 Å². The predicted octanol–water partition coefficient (Wildman–Crippen LogP) is 4.84. The van der Waals surface area contributed by atoms with Crippen molar-refractivity contribution in [1.82, 2.24) is 0 Å². The van der Waals surface area contributed by atoms with Gasteiger partial charge in [-0.15, -0.1) is 0 Å². The maximum Gasteiger partial charge on any atom is 0.347 e. The number of hydrogen-bond acceptors (Lipinski definition) is 46. The maximum atomic E-state index is 15.3. The Morgan fingerprint density at radius 2 is 0.451 bits per heavy atom. The Labute approximate surface area is 671 Å². The molecule has 0 saturated carbocycles. The topological polar surface area (TPSA) is 778 Å². The summed E-state index contributed by atoms with van der Waals surface area (Å²) < 4.78 is 60.4. The summed E-state index contributed by atoms with van der Waals surface area (Å²) in [7, 11) is 0. The van der Waals surface area contributed by atoms with Gasteiger partial charge in [0.25, 0.3) is 0 Å². The fourth-order valence-electron chi connectivity index (χ4n) is 10.9. The fraction of sp³-hybridized carbons (Fsp3) is 0.0789. The lowest BCUT2D eigenvalue weighted by Gasteiger charge is -2.43. The summed E-state index contributed by atoms with van der Waals surface area (Å²) in [5.74, 6) is -56.4. The van der Waals surface area contributed by atoms with Gasteiger partial charge >= 0.3 is 59.7 Å². The van der Waals surface area contributed by atoms with Crippen LogP contribution in [0.5, 0.6) is 172 Å². The first kappa shape index (κ1) is 84.8. The minimum absolute atomic E-state index is 0.293. The number of ether oxygens (including phenoxy) is 11. The second-order valence-corrected chi connectivity index (χ2v) is 25.1. The summed E-state index contributed by atoms with van der Waals surface area (Å²) in [5.41, 5.74) is -10.1.